The minimum Gasteiger partial charge on any atom is -0.507 e. The maximum atomic E-state index is 13.2. The van der Waals surface area contributed by atoms with Crippen molar-refractivity contribution in [2.75, 3.05) is 7.05 Å². The molecule has 2 aromatic rings. The number of rotatable bonds is 3. The number of phenolic OH excluding ortho intramolecular Hbond substituents is 1. The van der Waals surface area contributed by atoms with Gasteiger partial charge in [-0.1, -0.05) is 32.8 Å². The molecule has 0 aliphatic carbocycles. The molecule has 18 heavy (non-hydrogen) atoms. The Morgan fingerprint density at radius 2 is 1.94 bits per heavy atom. The van der Waals surface area contributed by atoms with Gasteiger partial charge in [0.15, 0.2) is 0 Å². The van der Waals surface area contributed by atoms with Gasteiger partial charge in [-0.3, -0.25) is 4.99 Å². The van der Waals surface area contributed by atoms with Crippen molar-refractivity contribution >= 4 is 25.4 Å². The van der Waals surface area contributed by atoms with Crippen molar-refractivity contribution in [2.45, 2.75) is 0 Å². The van der Waals surface area contributed by atoms with Gasteiger partial charge in [0.2, 0.25) is 0 Å². The largest absolute Gasteiger partial charge is 0.507 e. The van der Waals surface area contributed by atoms with Gasteiger partial charge in [-0.15, -0.1) is 0 Å². The Bertz CT molecular complexity index is 584. The van der Waals surface area contributed by atoms with Crippen molar-refractivity contribution in [1.29, 1.82) is 0 Å². The number of phenols is 1. The molecule has 0 aliphatic heterocycles. The Morgan fingerprint density at radius 1 is 1.17 bits per heavy atom. The second-order valence-corrected chi connectivity index (χ2v) is 5.09. The smallest absolute Gasteiger partial charge is 0.123 e. The summed E-state index contributed by atoms with van der Waals surface area (Å²) in [6, 6.07) is 11.8. The van der Waals surface area contributed by atoms with Gasteiger partial charge in [0.1, 0.15) is 11.6 Å². The molecule has 0 bridgehead atoms. The van der Waals surface area contributed by atoms with Gasteiger partial charge in [-0.2, -0.15) is 0 Å². The fourth-order valence-electron chi connectivity index (χ4n) is 1.62. The van der Waals surface area contributed by atoms with Crippen LogP contribution in [-0.2, 0) is 0 Å². The Hall–Kier alpha value is -1.73. The zero-order valence-electron chi connectivity index (χ0n) is 9.89. The van der Waals surface area contributed by atoms with Gasteiger partial charge < -0.3 is 5.11 Å². The summed E-state index contributed by atoms with van der Waals surface area (Å²) in [5, 5.41) is 11.6. The van der Waals surface area contributed by atoms with E-state index in [1.165, 1.54) is 12.1 Å². The van der Waals surface area contributed by atoms with E-state index in [1.54, 1.807) is 31.5 Å². The highest BCUT2D eigenvalue weighted by molar-refractivity contribution is 7.56. The summed E-state index contributed by atoms with van der Waals surface area (Å²) in [7, 11) is 1.92. The molecule has 0 fully saturated rings. The Balaban J connectivity index is 2.37. The standard InChI is InChI=1S/C14H13FNOP/c1-16-9-10-8-11(15)6-7-13(10)18-14-5-3-2-4-12(14)17/h2-9,17-18H,1H3. The van der Waals surface area contributed by atoms with Crippen LogP contribution in [0.25, 0.3) is 0 Å². The molecule has 0 heterocycles. The predicted molar refractivity (Wildman–Crippen MR) is 75.6 cm³/mol. The normalized spacial score (nSPS) is 11.7. The third kappa shape index (κ3) is 2.93. The van der Waals surface area contributed by atoms with Crippen LogP contribution < -0.4 is 10.6 Å². The van der Waals surface area contributed by atoms with Crippen LogP contribution in [0.5, 0.6) is 5.75 Å². The molecule has 1 N–H and O–H groups in total. The number of para-hydroxylation sites is 1. The highest BCUT2D eigenvalue weighted by atomic mass is 31.1. The third-order valence-electron chi connectivity index (χ3n) is 2.46. The van der Waals surface area contributed by atoms with Crippen LogP contribution in [0, 0.1) is 5.82 Å². The van der Waals surface area contributed by atoms with E-state index in [1.807, 2.05) is 12.1 Å². The first-order chi connectivity index (χ1) is 8.70. The van der Waals surface area contributed by atoms with E-state index in [9.17, 15) is 9.50 Å². The first-order valence-electron chi connectivity index (χ1n) is 5.47. The Morgan fingerprint density at radius 3 is 2.67 bits per heavy atom. The molecule has 1 atom stereocenters. The van der Waals surface area contributed by atoms with Crippen LogP contribution in [0.15, 0.2) is 47.5 Å². The lowest BCUT2D eigenvalue weighted by atomic mass is 10.2. The van der Waals surface area contributed by atoms with Gasteiger partial charge in [0, 0.05) is 24.1 Å². The second kappa shape index (κ2) is 5.74. The SMILES string of the molecule is CN=Cc1cc(F)ccc1Pc1ccccc1O. The number of aromatic hydroxyl groups is 1. The van der Waals surface area contributed by atoms with Crippen LogP contribution in [0.2, 0.25) is 0 Å². The molecule has 0 amide bonds. The topological polar surface area (TPSA) is 32.6 Å². The molecule has 4 heteroatoms. The van der Waals surface area contributed by atoms with Crippen molar-refractivity contribution < 1.29 is 9.50 Å². The molecule has 0 aliphatic rings. The number of benzene rings is 2. The molecule has 2 rings (SSSR count). The van der Waals surface area contributed by atoms with Gasteiger partial charge in [-0.25, -0.2) is 4.39 Å². The number of halogens is 1. The number of aliphatic imine (C=N–C) groups is 1. The summed E-state index contributed by atoms with van der Waals surface area (Å²) in [5.74, 6) is -0.0183. The maximum Gasteiger partial charge on any atom is 0.123 e. The van der Waals surface area contributed by atoms with Crippen LogP contribution >= 0.6 is 8.58 Å². The van der Waals surface area contributed by atoms with Crippen LogP contribution in [0.3, 0.4) is 0 Å². The van der Waals surface area contributed by atoms with E-state index in [2.05, 4.69) is 4.99 Å². The lowest BCUT2D eigenvalue weighted by molar-refractivity contribution is 0.480. The first-order valence-corrected chi connectivity index (χ1v) is 6.47. The Labute approximate surface area is 107 Å². The first kappa shape index (κ1) is 12.7. The van der Waals surface area contributed by atoms with Crippen molar-refractivity contribution in [2.24, 2.45) is 4.99 Å². The molecule has 0 spiro atoms. The van der Waals surface area contributed by atoms with E-state index < -0.39 is 0 Å². The van der Waals surface area contributed by atoms with Gasteiger partial charge in [-0.05, 0) is 23.5 Å². The van der Waals surface area contributed by atoms with Gasteiger partial charge in [0.25, 0.3) is 0 Å². The lowest BCUT2D eigenvalue weighted by Gasteiger charge is -2.08. The molecule has 0 radical (unpaired) electrons. The third-order valence-corrected chi connectivity index (χ3v) is 3.87. The number of hydrogen-bond acceptors (Lipinski definition) is 2. The summed E-state index contributed by atoms with van der Waals surface area (Å²) in [6.45, 7) is 0. The highest BCUT2D eigenvalue weighted by Crippen LogP contribution is 2.19. The highest BCUT2D eigenvalue weighted by Gasteiger charge is 2.06. The molecule has 0 aromatic heterocycles. The molecular weight excluding hydrogens is 248 g/mol. The summed E-state index contributed by atoms with van der Waals surface area (Å²) >= 11 is 0. The van der Waals surface area contributed by atoms with E-state index >= 15 is 0 Å². The molecular formula is C14H13FNOP. The minimum atomic E-state index is -0.282. The van der Waals surface area contributed by atoms with Gasteiger partial charge in [0.05, 0.1) is 0 Å². The lowest BCUT2D eigenvalue weighted by Crippen LogP contribution is -2.09. The maximum absolute atomic E-state index is 13.2. The summed E-state index contributed by atoms with van der Waals surface area (Å²) < 4.78 is 13.2. The van der Waals surface area contributed by atoms with E-state index in [4.69, 9.17) is 0 Å². The summed E-state index contributed by atoms with van der Waals surface area (Å²) in [4.78, 5) is 3.92. The zero-order valence-corrected chi connectivity index (χ0v) is 10.9. The predicted octanol–water partition coefficient (Wildman–Crippen LogP) is 2.21. The summed E-state index contributed by atoms with van der Waals surface area (Å²) in [6.07, 6.45) is 1.63. The van der Waals surface area contributed by atoms with Crippen LogP contribution in [0.4, 0.5) is 4.39 Å². The molecule has 2 aromatic carbocycles. The van der Waals surface area contributed by atoms with Crippen molar-refractivity contribution in [1.82, 2.24) is 0 Å². The van der Waals surface area contributed by atoms with Crippen molar-refractivity contribution in [3.8, 4) is 5.75 Å². The molecule has 1 unspecified atom stereocenters. The average Bonchev–Trinajstić information content (AvgIpc) is 2.35. The average molecular weight is 261 g/mol. The Kier molecular flexibility index (Phi) is 4.06. The zero-order chi connectivity index (χ0) is 13.0. The van der Waals surface area contributed by atoms with Crippen LogP contribution in [0.1, 0.15) is 5.56 Å². The summed E-state index contributed by atoms with van der Waals surface area (Å²) in [5.41, 5.74) is 0.749. The van der Waals surface area contributed by atoms with Gasteiger partial charge >= 0.3 is 0 Å². The quantitative estimate of drug-likeness (QED) is 0.667. The van der Waals surface area contributed by atoms with E-state index in [-0.39, 0.29) is 20.1 Å². The van der Waals surface area contributed by atoms with E-state index in [0.29, 0.717) is 0 Å². The van der Waals surface area contributed by atoms with Crippen molar-refractivity contribution in [3.05, 3.63) is 53.8 Å². The van der Waals surface area contributed by atoms with Crippen molar-refractivity contribution in [3.63, 3.8) is 0 Å². The fraction of sp³-hybridized carbons (Fsp3) is 0.0714. The van der Waals surface area contributed by atoms with E-state index in [0.717, 1.165) is 16.2 Å². The monoisotopic (exact) mass is 261 g/mol. The second-order valence-electron chi connectivity index (χ2n) is 3.76. The fourth-order valence-corrected chi connectivity index (χ4v) is 2.75. The molecule has 0 saturated carbocycles. The molecule has 2 nitrogen and oxygen atoms in total. The molecule has 0 saturated heterocycles. The number of nitrogens with zero attached hydrogens (tertiary/aromatic N) is 1. The molecule has 92 valence electrons. The number of hydrogen-bond donors (Lipinski definition) is 1. The minimum absolute atomic E-state index is 0.263. The van der Waals surface area contributed by atoms with Crippen LogP contribution in [-0.4, -0.2) is 18.4 Å².